The number of rotatable bonds is 13. The van der Waals surface area contributed by atoms with E-state index < -0.39 is 48.5 Å². The summed E-state index contributed by atoms with van der Waals surface area (Å²) in [5.41, 5.74) is 4.59. The van der Waals surface area contributed by atoms with Crippen LogP contribution < -0.4 is 10.6 Å². The van der Waals surface area contributed by atoms with E-state index in [1.54, 1.807) is 0 Å². The van der Waals surface area contributed by atoms with Crippen molar-refractivity contribution in [2.24, 2.45) is 16.8 Å². The molecule has 0 radical (unpaired) electrons. The first-order valence-corrected chi connectivity index (χ1v) is 15.6. The van der Waals surface area contributed by atoms with E-state index in [9.17, 15) is 24.6 Å². The topological polar surface area (TPSA) is 141 Å². The molecule has 9 nitrogen and oxygen atoms in total. The third kappa shape index (κ3) is 7.56. The van der Waals surface area contributed by atoms with Gasteiger partial charge in [-0.2, -0.15) is 0 Å². The number of carbonyl (C=O) groups excluding carboxylic acids is 3. The van der Waals surface area contributed by atoms with Crippen molar-refractivity contribution in [3.8, 4) is 0 Å². The van der Waals surface area contributed by atoms with Crippen LogP contribution in [-0.4, -0.2) is 71.0 Å². The zero-order chi connectivity index (χ0) is 32.0. The molecule has 236 valence electrons. The summed E-state index contributed by atoms with van der Waals surface area (Å²) in [7, 11) is 0. The van der Waals surface area contributed by atoms with Crippen molar-refractivity contribution in [3.05, 3.63) is 101 Å². The average Bonchev–Trinajstić information content (AvgIpc) is 3.87. The lowest BCUT2D eigenvalue weighted by Gasteiger charge is -2.28. The third-order valence-electron chi connectivity index (χ3n) is 8.51. The average molecular weight is 612 g/mol. The molecule has 0 bridgehead atoms. The van der Waals surface area contributed by atoms with Gasteiger partial charge in [0.05, 0.1) is 37.3 Å². The number of ether oxygens (including phenoxy) is 1. The van der Waals surface area contributed by atoms with E-state index in [-0.39, 0.29) is 18.4 Å². The van der Waals surface area contributed by atoms with Gasteiger partial charge in [-0.05, 0) is 48.8 Å². The predicted molar refractivity (Wildman–Crippen MR) is 171 cm³/mol. The van der Waals surface area contributed by atoms with Crippen molar-refractivity contribution in [2.75, 3.05) is 19.8 Å². The van der Waals surface area contributed by atoms with Crippen molar-refractivity contribution in [2.45, 2.75) is 57.2 Å². The molecule has 1 heterocycles. The molecule has 9 heteroatoms. The molecular weight excluding hydrogens is 570 g/mol. The van der Waals surface area contributed by atoms with Gasteiger partial charge in [0, 0.05) is 17.0 Å². The first kappa shape index (κ1) is 32.2. The molecule has 2 aliphatic rings. The van der Waals surface area contributed by atoms with Crippen LogP contribution in [-0.2, 0) is 32.0 Å². The monoisotopic (exact) mass is 611 g/mol. The molecule has 0 aromatic heterocycles. The van der Waals surface area contributed by atoms with Crippen LogP contribution in [0.4, 0.5) is 5.69 Å². The quantitative estimate of drug-likeness (QED) is 0.173. The van der Waals surface area contributed by atoms with E-state index >= 15 is 0 Å². The van der Waals surface area contributed by atoms with Gasteiger partial charge in [0.25, 0.3) is 0 Å². The molecule has 45 heavy (non-hydrogen) atoms. The summed E-state index contributed by atoms with van der Waals surface area (Å²) in [6.07, 6.45) is 2.00. The Labute approximate surface area is 263 Å². The summed E-state index contributed by atoms with van der Waals surface area (Å²) < 4.78 is 5.21. The van der Waals surface area contributed by atoms with Crippen LogP contribution in [0.1, 0.15) is 48.9 Å². The number of hydrogen-bond acceptors (Lipinski definition) is 7. The Hall–Kier alpha value is -4.18. The molecule has 0 saturated carbocycles. The molecule has 0 spiro atoms. The Morgan fingerprint density at radius 1 is 0.911 bits per heavy atom. The van der Waals surface area contributed by atoms with Gasteiger partial charge in [-0.25, -0.2) is 4.99 Å². The number of carbonyl (C=O) groups is 3. The zero-order valence-electron chi connectivity index (χ0n) is 25.7. The van der Waals surface area contributed by atoms with Crippen LogP contribution in [0, 0.1) is 11.8 Å². The molecule has 3 aromatic carbocycles. The molecule has 1 saturated heterocycles. The van der Waals surface area contributed by atoms with Gasteiger partial charge < -0.3 is 25.6 Å². The highest BCUT2D eigenvalue weighted by Gasteiger charge is 2.54. The van der Waals surface area contributed by atoms with E-state index in [4.69, 9.17) is 9.73 Å². The number of aliphatic hydroxyl groups is 2. The second-order valence-corrected chi connectivity index (χ2v) is 12.3. The minimum atomic E-state index is -1.29. The number of ketones is 1. The zero-order valence-corrected chi connectivity index (χ0v) is 25.7. The lowest BCUT2D eigenvalue weighted by atomic mass is 9.82. The van der Waals surface area contributed by atoms with Crippen molar-refractivity contribution in [1.29, 1.82) is 0 Å². The fourth-order valence-corrected chi connectivity index (χ4v) is 5.90. The molecule has 2 amide bonds. The summed E-state index contributed by atoms with van der Waals surface area (Å²) in [6, 6.07) is 23.9. The molecule has 3 aromatic rings. The number of aliphatic imine (C=N–C) groups is 1. The Bertz CT molecular complexity index is 1490. The SMILES string of the molecule is CC(C)CC(NC(=O)C(CO)NC(=O)C1CCc2c(cccc2N=C(c2ccccc2)c2ccccc2)C1)C(=O)C1(CO)CO1. The van der Waals surface area contributed by atoms with Gasteiger partial charge in [0.2, 0.25) is 11.8 Å². The number of fused-ring (bicyclic) bond motifs is 1. The summed E-state index contributed by atoms with van der Waals surface area (Å²) in [5, 5.41) is 25.0. The summed E-state index contributed by atoms with van der Waals surface area (Å²) in [6.45, 7) is 2.85. The normalized spacial score (nSPS) is 20.0. The molecular formula is C36H41N3O6. The number of nitrogens with zero attached hydrogens (tertiary/aromatic N) is 1. The van der Waals surface area contributed by atoms with Crippen molar-refractivity contribution < 1.29 is 29.3 Å². The van der Waals surface area contributed by atoms with Gasteiger partial charge in [-0.1, -0.05) is 86.6 Å². The molecule has 5 rings (SSSR count). The van der Waals surface area contributed by atoms with Gasteiger partial charge in [0.1, 0.15) is 6.04 Å². The van der Waals surface area contributed by atoms with Crippen molar-refractivity contribution in [3.63, 3.8) is 0 Å². The van der Waals surface area contributed by atoms with Crippen LogP contribution in [0.3, 0.4) is 0 Å². The smallest absolute Gasteiger partial charge is 0.245 e. The Kier molecular flexibility index (Phi) is 10.2. The highest BCUT2D eigenvalue weighted by atomic mass is 16.6. The minimum Gasteiger partial charge on any atom is -0.394 e. The number of Topliss-reactive ketones (excluding diaryl/α,β-unsaturated/α-hetero) is 1. The fraction of sp³-hybridized carbons (Fsp3) is 0.389. The molecule has 4 N–H and O–H groups in total. The number of nitrogens with one attached hydrogen (secondary N) is 2. The van der Waals surface area contributed by atoms with Crippen LogP contribution in [0.2, 0.25) is 0 Å². The molecule has 4 atom stereocenters. The minimum absolute atomic E-state index is 0.0731. The lowest BCUT2D eigenvalue weighted by Crippen LogP contribution is -2.56. The number of epoxide rings is 1. The maximum Gasteiger partial charge on any atom is 0.245 e. The second-order valence-electron chi connectivity index (χ2n) is 12.3. The summed E-state index contributed by atoms with van der Waals surface area (Å²) >= 11 is 0. The van der Waals surface area contributed by atoms with E-state index in [0.29, 0.717) is 25.7 Å². The number of benzene rings is 3. The van der Waals surface area contributed by atoms with E-state index in [0.717, 1.165) is 33.7 Å². The first-order valence-electron chi connectivity index (χ1n) is 15.6. The highest BCUT2D eigenvalue weighted by Crippen LogP contribution is 2.34. The summed E-state index contributed by atoms with van der Waals surface area (Å²) in [5.74, 6) is -1.71. The Balaban J connectivity index is 1.29. The van der Waals surface area contributed by atoms with Crippen LogP contribution in [0.15, 0.2) is 83.9 Å². The van der Waals surface area contributed by atoms with Crippen molar-refractivity contribution >= 4 is 29.0 Å². The fourth-order valence-electron chi connectivity index (χ4n) is 5.90. The molecule has 1 aliphatic heterocycles. The van der Waals surface area contributed by atoms with Gasteiger partial charge in [-0.3, -0.25) is 14.4 Å². The first-order chi connectivity index (χ1) is 21.7. The largest absolute Gasteiger partial charge is 0.394 e. The van der Waals surface area contributed by atoms with Gasteiger partial charge in [0.15, 0.2) is 11.4 Å². The Morgan fingerprint density at radius 3 is 2.11 bits per heavy atom. The number of aliphatic hydroxyl groups excluding tert-OH is 2. The van der Waals surface area contributed by atoms with Crippen LogP contribution in [0.5, 0.6) is 0 Å². The molecule has 1 fully saturated rings. The molecule has 1 aliphatic carbocycles. The maximum atomic E-state index is 13.4. The van der Waals surface area contributed by atoms with Crippen molar-refractivity contribution in [1.82, 2.24) is 10.6 Å². The van der Waals surface area contributed by atoms with E-state index in [2.05, 4.69) is 10.6 Å². The maximum absolute atomic E-state index is 13.4. The van der Waals surface area contributed by atoms with Gasteiger partial charge >= 0.3 is 0 Å². The summed E-state index contributed by atoms with van der Waals surface area (Å²) in [4.78, 5) is 44.7. The molecule has 4 unspecified atom stereocenters. The number of amides is 2. The second kappa shape index (κ2) is 14.3. The van der Waals surface area contributed by atoms with Crippen LogP contribution in [0.25, 0.3) is 0 Å². The van der Waals surface area contributed by atoms with Crippen LogP contribution >= 0.6 is 0 Å². The highest BCUT2D eigenvalue weighted by molar-refractivity contribution is 6.14. The third-order valence-corrected chi connectivity index (χ3v) is 8.51. The Morgan fingerprint density at radius 2 is 1.56 bits per heavy atom. The van der Waals surface area contributed by atoms with Gasteiger partial charge in [-0.15, -0.1) is 0 Å². The number of hydrogen-bond donors (Lipinski definition) is 4. The van der Waals surface area contributed by atoms with E-state index in [1.807, 2.05) is 92.7 Å². The van der Waals surface area contributed by atoms with E-state index in [1.165, 1.54) is 0 Å². The predicted octanol–water partition coefficient (Wildman–Crippen LogP) is 3.30. The lowest BCUT2D eigenvalue weighted by molar-refractivity contribution is -0.135. The standard InChI is InChI=1S/C36H41N3O6/c1-23(2)18-30(33(42)36(21-41)22-45-36)38-35(44)31(20-40)39-34(43)27-16-17-28-26(19-27)14-9-15-29(28)37-32(24-10-5-3-6-11-24)25-12-7-4-8-13-25/h3-15,23,27,30-31,40-41H,16-22H2,1-2H3,(H,38,44)(H,39,43).